The number of carbonyl (C=O) groups is 2. The van der Waals surface area contributed by atoms with Crippen LogP contribution in [-0.2, 0) is 11.3 Å². The Balaban J connectivity index is 1.44. The first-order valence-electron chi connectivity index (χ1n) is 12.4. The number of nitrogens with zero attached hydrogens (tertiary/aromatic N) is 8. The molecule has 1 saturated heterocycles. The molecule has 0 atom stereocenters. The van der Waals surface area contributed by atoms with E-state index in [0.717, 1.165) is 5.69 Å². The standard InChI is InChI=1S/C26H25N9O4/c1-27-25(39)21-18-4-2-3-5-19(18)35(31-21)24-22-23(28-15-34(22)14-20(37)38)29-26(30-24)33-12-10-32(11-13-33)16-6-8-17(36)9-7-16/h2-9,15,36H,10-14H2,1H3,(H,27,39)(H,37,38). The van der Waals surface area contributed by atoms with E-state index in [0.29, 0.717) is 60.0 Å². The first-order valence-corrected chi connectivity index (χ1v) is 12.4. The van der Waals surface area contributed by atoms with Crippen LogP contribution >= 0.6 is 0 Å². The van der Waals surface area contributed by atoms with Crippen molar-refractivity contribution < 1.29 is 19.8 Å². The number of nitrogens with one attached hydrogen (secondary N) is 1. The fourth-order valence-corrected chi connectivity index (χ4v) is 4.85. The number of carbonyl (C=O) groups excluding carboxylic acids is 1. The molecule has 0 spiro atoms. The van der Waals surface area contributed by atoms with Crippen molar-refractivity contribution in [2.45, 2.75) is 6.54 Å². The fourth-order valence-electron chi connectivity index (χ4n) is 4.85. The SMILES string of the molecule is CNC(=O)c1nn(-c2nc(N3CCN(c4ccc(O)cc4)CC3)nc3ncn(CC(=O)O)c23)c2ccccc12. The highest BCUT2D eigenvalue weighted by atomic mass is 16.4. The average molecular weight is 528 g/mol. The zero-order valence-electron chi connectivity index (χ0n) is 21.0. The first kappa shape index (κ1) is 24.2. The van der Waals surface area contributed by atoms with Crippen molar-refractivity contribution in [3.8, 4) is 11.6 Å². The molecule has 0 unspecified atom stereocenters. The molecule has 13 nitrogen and oxygen atoms in total. The van der Waals surface area contributed by atoms with E-state index >= 15 is 0 Å². The molecule has 2 aromatic carbocycles. The summed E-state index contributed by atoms with van der Waals surface area (Å²) in [4.78, 5) is 42.4. The summed E-state index contributed by atoms with van der Waals surface area (Å²) in [5.41, 5.74) is 2.62. The van der Waals surface area contributed by atoms with Crippen LogP contribution in [0.5, 0.6) is 5.75 Å². The highest BCUT2D eigenvalue weighted by molar-refractivity contribution is 6.05. The summed E-state index contributed by atoms with van der Waals surface area (Å²) in [5, 5.41) is 27.0. The number of imidazole rings is 1. The Hall–Kier alpha value is -5.20. The maximum absolute atomic E-state index is 12.6. The van der Waals surface area contributed by atoms with Gasteiger partial charge in [0.05, 0.1) is 11.8 Å². The zero-order valence-corrected chi connectivity index (χ0v) is 21.0. The third kappa shape index (κ3) is 4.33. The Morgan fingerprint density at radius 2 is 1.69 bits per heavy atom. The number of carboxylic acids is 1. The van der Waals surface area contributed by atoms with Gasteiger partial charge in [0.1, 0.15) is 17.8 Å². The molecular weight excluding hydrogens is 502 g/mol. The van der Waals surface area contributed by atoms with Gasteiger partial charge in [0.25, 0.3) is 5.91 Å². The molecule has 1 aliphatic heterocycles. The normalized spacial score (nSPS) is 13.8. The summed E-state index contributed by atoms with van der Waals surface area (Å²) in [6.07, 6.45) is 1.43. The highest BCUT2D eigenvalue weighted by Crippen LogP contribution is 2.28. The second-order valence-electron chi connectivity index (χ2n) is 9.13. The maximum Gasteiger partial charge on any atom is 0.323 e. The molecule has 0 bridgehead atoms. The Labute approximate surface area is 221 Å². The predicted octanol–water partition coefficient (Wildman–Crippen LogP) is 1.64. The van der Waals surface area contributed by atoms with Crippen LogP contribution in [-0.4, -0.2) is 84.6 Å². The number of para-hydroxylation sites is 1. The second kappa shape index (κ2) is 9.59. The van der Waals surface area contributed by atoms with Crippen molar-refractivity contribution in [3.63, 3.8) is 0 Å². The van der Waals surface area contributed by atoms with E-state index in [9.17, 15) is 19.8 Å². The number of aromatic hydroxyl groups is 1. The number of phenolic OH excluding ortho intramolecular Hbond substituents is 1. The van der Waals surface area contributed by atoms with Crippen molar-refractivity contribution in [2.24, 2.45) is 0 Å². The fraction of sp³-hybridized carbons (Fsp3) is 0.231. The Morgan fingerprint density at radius 1 is 0.974 bits per heavy atom. The smallest absolute Gasteiger partial charge is 0.323 e. The van der Waals surface area contributed by atoms with Gasteiger partial charge in [-0.2, -0.15) is 15.1 Å². The quantitative estimate of drug-likeness (QED) is 0.297. The minimum absolute atomic E-state index is 0.222. The molecule has 0 radical (unpaired) electrons. The van der Waals surface area contributed by atoms with Gasteiger partial charge in [0, 0.05) is 44.3 Å². The molecule has 198 valence electrons. The van der Waals surface area contributed by atoms with Crippen molar-refractivity contribution in [1.82, 2.24) is 34.6 Å². The maximum atomic E-state index is 12.6. The molecule has 6 rings (SSSR count). The van der Waals surface area contributed by atoms with Gasteiger partial charge in [0.2, 0.25) is 5.95 Å². The average Bonchev–Trinajstić information content (AvgIpc) is 3.54. The van der Waals surface area contributed by atoms with E-state index < -0.39 is 5.97 Å². The molecule has 39 heavy (non-hydrogen) atoms. The zero-order chi connectivity index (χ0) is 27.1. The molecule has 0 saturated carbocycles. The molecule has 4 heterocycles. The summed E-state index contributed by atoms with van der Waals surface area (Å²) in [5.74, 6) is -0.392. The number of amides is 1. The van der Waals surface area contributed by atoms with Gasteiger partial charge in [-0.25, -0.2) is 9.67 Å². The van der Waals surface area contributed by atoms with Crippen molar-refractivity contribution in [3.05, 3.63) is 60.6 Å². The Morgan fingerprint density at radius 3 is 2.41 bits per heavy atom. The lowest BCUT2D eigenvalue weighted by molar-refractivity contribution is -0.137. The number of piperazine rings is 1. The van der Waals surface area contributed by atoms with Crippen LogP contribution in [0.3, 0.4) is 0 Å². The van der Waals surface area contributed by atoms with Crippen LogP contribution in [0.1, 0.15) is 10.5 Å². The number of hydrogen-bond donors (Lipinski definition) is 3. The van der Waals surface area contributed by atoms with E-state index in [-0.39, 0.29) is 23.9 Å². The molecule has 5 aromatic rings. The highest BCUT2D eigenvalue weighted by Gasteiger charge is 2.26. The number of benzene rings is 2. The van der Waals surface area contributed by atoms with E-state index in [1.807, 2.05) is 35.2 Å². The molecular formula is C26H25N9O4. The number of rotatable bonds is 6. The lowest BCUT2D eigenvalue weighted by Gasteiger charge is -2.36. The number of carboxylic acid groups (broad SMARTS) is 1. The third-order valence-electron chi connectivity index (χ3n) is 6.76. The minimum Gasteiger partial charge on any atom is -0.508 e. The lowest BCUT2D eigenvalue weighted by Crippen LogP contribution is -2.47. The van der Waals surface area contributed by atoms with Gasteiger partial charge in [-0.05, 0) is 30.3 Å². The third-order valence-corrected chi connectivity index (χ3v) is 6.76. The lowest BCUT2D eigenvalue weighted by atomic mass is 10.2. The number of fused-ring (bicyclic) bond motifs is 2. The Kier molecular flexibility index (Phi) is 5.94. The Bertz CT molecular complexity index is 1700. The van der Waals surface area contributed by atoms with Gasteiger partial charge >= 0.3 is 5.97 Å². The van der Waals surface area contributed by atoms with Crippen molar-refractivity contribution in [1.29, 1.82) is 0 Å². The first-order chi connectivity index (χ1) is 18.9. The summed E-state index contributed by atoms with van der Waals surface area (Å²) >= 11 is 0. The summed E-state index contributed by atoms with van der Waals surface area (Å²) in [6, 6.07) is 14.4. The van der Waals surface area contributed by atoms with Crippen molar-refractivity contribution in [2.75, 3.05) is 43.0 Å². The van der Waals surface area contributed by atoms with Gasteiger partial charge in [-0.3, -0.25) is 9.59 Å². The summed E-state index contributed by atoms with van der Waals surface area (Å²) < 4.78 is 3.02. The van der Waals surface area contributed by atoms with Crippen LogP contribution in [0.15, 0.2) is 54.9 Å². The summed E-state index contributed by atoms with van der Waals surface area (Å²) in [7, 11) is 1.54. The van der Waals surface area contributed by atoms with Crippen molar-refractivity contribution >= 4 is 45.6 Å². The number of phenols is 1. The van der Waals surface area contributed by atoms with Crippen LogP contribution < -0.4 is 15.1 Å². The van der Waals surface area contributed by atoms with Gasteiger partial charge in [-0.15, -0.1) is 0 Å². The van der Waals surface area contributed by atoms with Crippen LogP contribution in [0.25, 0.3) is 27.9 Å². The minimum atomic E-state index is -1.04. The van der Waals surface area contributed by atoms with E-state index in [4.69, 9.17) is 4.98 Å². The number of aromatic nitrogens is 6. The molecule has 0 aliphatic carbocycles. The van der Waals surface area contributed by atoms with E-state index in [2.05, 4.69) is 25.3 Å². The van der Waals surface area contributed by atoms with Gasteiger partial charge < -0.3 is 29.9 Å². The van der Waals surface area contributed by atoms with Gasteiger partial charge in [-0.1, -0.05) is 18.2 Å². The van der Waals surface area contributed by atoms with E-state index in [1.54, 1.807) is 22.9 Å². The number of anilines is 2. The number of hydrogen-bond acceptors (Lipinski definition) is 9. The largest absolute Gasteiger partial charge is 0.508 e. The molecule has 3 N–H and O–H groups in total. The predicted molar refractivity (Wildman–Crippen MR) is 144 cm³/mol. The van der Waals surface area contributed by atoms with Crippen LogP contribution in [0, 0.1) is 0 Å². The van der Waals surface area contributed by atoms with E-state index in [1.165, 1.54) is 17.9 Å². The molecule has 1 amide bonds. The monoisotopic (exact) mass is 527 g/mol. The summed E-state index contributed by atoms with van der Waals surface area (Å²) in [6.45, 7) is 2.34. The topological polar surface area (TPSA) is 155 Å². The van der Waals surface area contributed by atoms with Gasteiger partial charge in [0.15, 0.2) is 17.2 Å². The number of aliphatic carboxylic acids is 1. The van der Waals surface area contributed by atoms with Crippen LogP contribution in [0.2, 0.25) is 0 Å². The van der Waals surface area contributed by atoms with Crippen LogP contribution in [0.4, 0.5) is 11.6 Å². The molecule has 1 aliphatic rings. The molecule has 3 aromatic heterocycles. The molecule has 13 heteroatoms. The second-order valence-corrected chi connectivity index (χ2v) is 9.13. The molecule has 1 fully saturated rings.